The van der Waals surface area contributed by atoms with Gasteiger partial charge in [-0.05, 0) is 35.4 Å². The van der Waals surface area contributed by atoms with Crippen LogP contribution in [0.3, 0.4) is 0 Å². The molecule has 0 spiro atoms. The lowest BCUT2D eigenvalue weighted by Gasteiger charge is -2.22. The van der Waals surface area contributed by atoms with Gasteiger partial charge in [0.1, 0.15) is 5.69 Å². The van der Waals surface area contributed by atoms with Crippen molar-refractivity contribution in [2.45, 2.75) is 0 Å². The second kappa shape index (κ2) is 9.08. The first-order valence-electron chi connectivity index (χ1n) is 9.26. The largest absolute Gasteiger partial charge is 0.465 e. The highest BCUT2D eigenvalue weighted by atomic mass is 16.6. The zero-order chi connectivity index (χ0) is 22.5. The number of benzene rings is 3. The number of nitro groups is 1. The van der Waals surface area contributed by atoms with Crippen LogP contribution in [-0.4, -0.2) is 38.1 Å². The van der Waals surface area contributed by atoms with Gasteiger partial charge in [0.25, 0.3) is 5.69 Å². The van der Waals surface area contributed by atoms with Gasteiger partial charge in [-0.3, -0.25) is 10.1 Å². The number of ether oxygens (including phenoxy) is 2. The Morgan fingerprint density at radius 2 is 1.42 bits per heavy atom. The number of hydrogen-bond acceptors (Lipinski definition) is 7. The van der Waals surface area contributed by atoms with Gasteiger partial charge in [-0.25, -0.2) is 9.59 Å². The maximum absolute atomic E-state index is 12.2. The Hall–Kier alpha value is -4.20. The highest BCUT2D eigenvalue weighted by Gasteiger charge is 2.26. The molecule has 0 unspecified atom stereocenters. The van der Waals surface area contributed by atoms with Crippen LogP contribution in [-0.2, 0) is 9.47 Å². The Balaban J connectivity index is 2.05. The van der Waals surface area contributed by atoms with Gasteiger partial charge < -0.3 is 14.4 Å². The molecule has 31 heavy (non-hydrogen) atoms. The van der Waals surface area contributed by atoms with Crippen LogP contribution in [0.1, 0.15) is 20.7 Å². The molecule has 0 N–H and O–H groups in total. The van der Waals surface area contributed by atoms with Crippen LogP contribution in [0.25, 0.3) is 11.1 Å². The van der Waals surface area contributed by atoms with Crippen molar-refractivity contribution in [2.24, 2.45) is 0 Å². The van der Waals surface area contributed by atoms with E-state index in [1.807, 2.05) is 12.1 Å². The van der Waals surface area contributed by atoms with Gasteiger partial charge >= 0.3 is 11.9 Å². The Labute approximate surface area is 178 Å². The third-order valence-corrected chi connectivity index (χ3v) is 4.85. The summed E-state index contributed by atoms with van der Waals surface area (Å²) in [7, 11) is 4.17. The Kier molecular flexibility index (Phi) is 6.30. The summed E-state index contributed by atoms with van der Waals surface area (Å²) in [6.07, 6.45) is 0. The van der Waals surface area contributed by atoms with Gasteiger partial charge in [0.05, 0.1) is 30.3 Å². The summed E-state index contributed by atoms with van der Waals surface area (Å²) in [4.78, 5) is 36.8. The van der Waals surface area contributed by atoms with E-state index in [9.17, 15) is 19.7 Å². The number of nitro benzene ring substituents is 1. The number of methoxy groups -OCH3 is 2. The zero-order valence-corrected chi connectivity index (χ0v) is 17.2. The molecular weight excluding hydrogens is 400 g/mol. The summed E-state index contributed by atoms with van der Waals surface area (Å²) >= 11 is 0. The standard InChI is InChI=1S/C23H20N2O6/c1-24(21-19(23(27)31-3)9-6-10-20(21)25(28)29)16-13-11-15(12-14-16)17-7-4-5-8-18(17)22(26)30-2/h4-14H,1-3H3. The molecular formula is C23H20N2O6. The number of carbonyl (C=O) groups excluding carboxylic acids is 2. The Morgan fingerprint density at radius 1 is 0.839 bits per heavy atom. The fraction of sp³-hybridized carbons (Fsp3) is 0.130. The van der Waals surface area contributed by atoms with Crippen LogP contribution in [0.5, 0.6) is 0 Å². The maximum Gasteiger partial charge on any atom is 0.340 e. The quantitative estimate of drug-likeness (QED) is 0.326. The molecule has 0 radical (unpaired) electrons. The van der Waals surface area contributed by atoms with Crippen molar-refractivity contribution in [3.8, 4) is 11.1 Å². The van der Waals surface area contributed by atoms with Crippen LogP contribution >= 0.6 is 0 Å². The first-order valence-corrected chi connectivity index (χ1v) is 9.26. The topological polar surface area (TPSA) is 99.0 Å². The van der Waals surface area contributed by atoms with Gasteiger partial charge in [-0.1, -0.05) is 36.4 Å². The van der Waals surface area contributed by atoms with Gasteiger partial charge in [0, 0.05) is 18.8 Å². The lowest BCUT2D eigenvalue weighted by Crippen LogP contribution is -2.16. The van der Waals surface area contributed by atoms with Crippen LogP contribution in [0, 0.1) is 10.1 Å². The summed E-state index contributed by atoms with van der Waals surface area (Å²) in [5.41, 5.74) is 2.50. The second-order valence-corrected chi connectivity index (χ2v) is 6.57. The fourth-order valence-electron chi connectivity index (χ4n) is 3.32. The SMILES string of the molecule is COC(=O)c1ccccc1-c1ccc(N(C)c2c(C(=O)OC)cccc2[N+](=O)[O-])cc1. The molecule has 8 nitrogen and oxygen atoms in total. The van der Waals surface area contributed by atoms with Crippen molar-refractivity contribution in [1.82, 2.24) is 0 Å². The molecule has 8 heteroatoms. The molecule has 0 saturated carbocycles. The van der Waals surface area contributed by atoms with E-state index in [-0.39, 0.29) is 16.9 Å². The zero-order valence-electron chi connectivity index (χ0n) is 17.2. The Bertz CT molecular complexity index is 1140. The Morgan fingerprint density at radius 3 is 2.03 bits per heavy atom. The van der Waals surface area contributed by atoms with E-state index in [4.69, 9.17) is 9.47 Å². The molecule has 0 bridgehead atoms. The number of nitrogens with zero attached hydrogens (tertiary/aromatic N) is 2. The molecule has 3 aromatic carbocycles. The van der Waals surface area contributed by atoms with Crippen molar-refractivity contribution in [3.05, 3.63) is 88.0 Å². The summed E-state index contributed by atoms with van der Waals surface area (Å²) in [6, 6.07) is 18.4. The minimum absolute atomic E-state index is 0.0827. The number of esters is 2. The molecule has 0 atom stereocenters. The molecule has 0 amide bonds. The molecule has 3 rings (SSSR count). The second-order valence-electron chi connectivity index (χ2n) is 6.57. The molecule has 0 aliphatic heterocycles. The van der Waals surface area contributed by atoms with Gasteiger partial charge in [0.15, 0.2) is 0 Å². The van der Waals surface area contributed by atoms with Crippen molar-refractivity contribution < 1.29 is 24.0 Å². The number of anilines is 2. The van der Waals surface area contributed by atoms with Crippen LogP contribution in [0.4, 0.5) is 17.1 Å². The maximum atomic E-state index is 12.2. The summed E-state index contributed by atoms with van der Waals surface area (Å²) in [5, 5.41) is 11.6. The molecule has 0 aliphatic carbocycles. The number of carbonyl (C=O) groups is 2. The van der Waals surface area contributed by atoms with Crippen molar-refractivity contribution in [3.63, 3.8) is 0 Å². The fourth-order valence-corrected chi connectivity index (χ4v) is 3.32. The van der Waals surface area contributed by atoms with Crippen LogP contribution in [0.15, 0.2) is 66.7 Å². The predicted octanol–water partition coefficient (Wildman–Crippen LogP) is 4.60. The first kappa shape index (κ1) is 21.5. The molecule has 0 aliphatic rings. The predicted molar refractivity (Wildman–Crippen MR) is 116 cm³/mol. The smallest absolute Gasteiger partial charge is 0.340 e. The molecule has 158 valence electrons. The minimum Gasteiger partial charge on any atom is -0.465 e. The normalized spacial score (nSPS) is 10.3. The summed E-state index contributed by atoms with van der Waals surface area (Å²) < 4.78 is 9.63. The minimum atomic E-state index is -0.672. The third kappa shape index (κ3) is 4.23. The van der Waals surface area contributed by atoms with E-state index in [1.165, 1.54) is 32.4 Å². The number of rotatable bonds is 6. The van der Waals surface area contributed by atoms with E-state index < -0.39 is 16.9 Å². The lowest BCUT2D eigenvalue weighted by molar-refractivity contribution is -0.384. The van der Waals surface area contributed by atoms with Crippen LogP contribution in [0.2, 0.25) is 0 Å². The van der Waals surface area contributed by atoms with Crippen molar-refractivity contribution >= 4 is 29.0 Å². The monoisotopic (exact) mass is 420 g/mol. The summed E-state index contributed by atoms with van der Waals surface area (Å²) in [6.45, 7) is 0. The van der Waals surface area contributed by atoms with E-state index in [2.05, 4.69) is 0 Å². The van der Waals surface area contributed by atoms with Crippen molar-refractivity contribution in [1.29, 1.82) is 0 Å². The molecule has 0 fully saturated rings. The number of hydrogen-bond donors (Lipinski definition) is 0. The molecule has 3 aromatic rings. The lowest BCUT2D eigenvalue weighted by atomic mass is 9.99. The molecule has 0 aromatic heterocycles. The third-order valence-electron chi connectivity index (χ3n) is 4.85. The van der Waals surface area contributed by atoms with Crippen molar-refractivity contribution in [2.75, 3.05) is 26.2 Å². The first-order chi connectivity index (χ1) is 14.9. The van der Waals surface area contributed by atoms with Crippen LogP contribution < -0.4 is 4.90 Å². The molecule has 0 saturated heterocycles. The van der Waals surface area contributed by atoms with E-state index in [1.54, 1.807) is 48.3 Å². The van der Waals surface area contributed by atoms with Gasteiger partial charge in [-0.2, -0.15) is 0 Å². The highest BCUT2D eigenvalue weighted by Crippen LogP contribution is 2.37. The average molecular weight is 420 g/mol. The average Bonchev–Trinajstić information content (AvgIpc) is 2.82. The van der Waals surface area contributed by atoms with Gasteiger partial charge in [-0.15, -0.1) is 0 Å². The highest BCUT2D eigenvalue weighted by molar-refractivity contribution is 6.00. The molecule has 0 heterocycles. The van der Waals surface area contributed by atoms with E-state index in [0.29, 0.717) is 16.8 Å². The van der Waals surface area contributed by atoms with Gasteiger partial charge in [0.2, 0.25) is 0 Å². The number of para-hydroxylation sites is 1. The summed E-state index contributed by atoms with van der Waals surface area (Å²) in [5.74, 6) is -1.12. The van der Waals surface area contributed by atoms with E-state index in [0.717, 1.165) is 5.56 Å². The van der Waals surface area contributed by atoms with E-state index >= 15 is 0 Å².